The van der Waals surface area contributed by atoms with Gasteiger partial charge in [0.15, 0.2) is 5.69 Å². The smallest absolute Gasteiger partial charge is 0.482 e. The average Bonchev–Trinajstić information content (AvgIpc) is 3.69. The van der Waals surface area contributed by atoms with Crippen LogP contribution in [0.2, 0.25) is 0 Å². The Morgan fingerprint density at radius 3 is 2.38 bits per heavy atom. The minimum absolute atomic E-state index is 0.0839. The first-order valence-corrected chi connectivity index (χ1v) is 13.2. The summed E-state index contributed by atoms with van der Waals surface area (Å²) in [6.45, 7) is 7.26. The Morgan fingerprint density at radius 2 is 1.75 bits per heavy atom. The number of ether oxygens (including phenoxy) is 1. The number of benzene rings is 1. The van der Waals surface area contributed by atoms with Crippen molar-refractivity contribution in [3.63, 3.8) is 0 Å². The molecular formula is C27H30F3N5O5. The van der Waals surface area contributed by atoms with Crippen LogP contribution in [0.25, 0.3) is 11.3 Å². The molecule has 6 rings (SSSR count). The summed E-state index contributed by atoms with van der Waals surface area (Å²) >= 11 is 0. The molecule has 3 aliphatic heterocycles. The number of piperidine rings is 1. The molecule has 40 heavy (non-hydrogen) atoms. The van der Waals surface area contributed by atoms with E-state index in [4.69, 9.17) is 24.3 Å². The number of halogens is 3. The molecule has 3 aliphatic rings. The van der Waals surface area contributed by atoms with E-state index in [9.17, 15) is 18.0 Å². The van der Waals surface area contributed by atoms with Crippen molar-refractivity contribution in [2.24, 2.45) is 0 Å². The third kappa shape index (κ3) is 5.55. The number of hydrogen-bond donors (Lipinski definition) is 1. The van der Waals surface area contributed by atoms with E-state index < -0.39 is 17.7 Å². The van der Waals surface area contributed by atoms with E-state index >= 15 is 0 Å². The second kappa shape index (κ2) is 11.0. The minimum Gasteiger partial charge on any atom is -0.482 e. The fraction of sp³-hybridized carbons (Fsp3) is 0.481. The molecule has 0 radical (unpaired) electrons. The van der Waals surface area contributed by atoms with E-state index in [1.54, 1.807) is 13.0 Å². The number of alkyl halides is 3. The first-order valence-electron chi connectivity index (χ1n) is 13.2. The summed E-state index contributed by atoms with van der Waals surface area (Å²) in [5.74, 6) is -1.29. The molecule has 1 amide bonds. The van der Waals surface area contributed by atoms with E-state index in [-0.39, 0.29) is 5.91 Å². The van der Waals surface area contributed by atoms with Crippen molar-refractivity contribution in [2.75, 3.05) is 32.7 Å². The van der Waals surface area contributed by atoms with Gasteiger partial charge in [0.25, 0.3) is 5.91 Å². The number of nitrogens with zero attached hydrogens (tertiary/aromatic N) is 5. The van der Waals surface area contributed by atoms with Crippen molar-refractivity contribution in [1.82, 2.24) is 24.7 Å². The Labute approximate surface area is 228 Å². The van der Waals surface area contributed by atoms with Crippen molar-refractivity contribution in [3.05, 3.63) is 53.5 Å². The van der Waals surface area contributed by atoms with E-state index in [0.29, 0.717) is 37.4 Å². The third-order valence-corrected chi connectivity index (χ3v) is 7.55. The number of hydrogen-bond acceptors (Lipinski definition) is 7. The minimum atomic E-state index is -5.08. The van der Waals surface area contributed by atoms with Crippen molar-refractivity contribution in [1.29, 1.82) is 0 Å². The van der Waals surface area contributed by atoms with Gasteiger partial charge in [-0.2, -0.15) is 18.3 Å². The van der Waals surface area contributed by atoms with Gasteiger partial charge < -0.3 is 24.2 Å². The van der Waals surface area contributed by atoms with Crippen molar-refractivity contribution >= 4 is 11.9 Å². The van der Waals surface area contributed by atoms with Crippen LogP contribution >= 0.6 is 0 Å². The first-order chi connectivity index (χ1) is 19.1. The molecule has 214 valence electrons. The maximum absolute atomic E-state index is 12.9. The van der Waals surface area contributed by atoms with Crippen LogP contribution in [-0.4, -0.2) is 80.6 Å². The Bertz CT molecular complexity index is 1370. The maximum atomic E-state index is 12.9. The van der Waals surface area contributed by atoms with Gasteiger partial charge in [-0.15, -0.1) is 0 Å². The monoisotopic (exact) mass is 561 g/mol. The van der Waals surface area contributed by atoms with E-state index in [1.807, 2.05) is 23.2 Å². The largest absolute Gasteiger partial charge is 0.490 e. The molecule has 2 fully saturated rings. The second-order valence-electron chi connectivity index (χ2n) is 10.2. The Hall–Kier alpha value is -3.87. The van der Waals surface area contributed by atoms with E-state index in [1.165, 1.54) is 31.6 Å². The van der Waals surface area contributed by atoms with Crippen LogP contribution in [0.3, 0.4) is 0 Å². The first kappa shape index (κ1) is 27.7. The number of para-hydroxylation sites is 1. The number of carboxylic acids is 1. The molecule has 2 saturated heterocycles. The highest BCUT2D eigenvalue weighted by atomic mass is 19.4. The van der Waals surface area contributed by atoms with Gasteiger partial charge in [0.05, 0.1) is 18.4 Å². The summed E-state index contributed by atoms with van der Waals surface area (Å²) in [6, 6.07) is 9.95. The van der Waals surface area contributed by atoms with Gasteiger partial charge in [0.2, 0.25) is 0 Å². The van der Waals surface area contributed by atoms with Gasteiger partial charge in [-0.3, -0.25) is 9.48 Å². The number of carboxylic acid groups (broad SMARTS) is 1. The normalized spacial score (nSPS) is 17.9. The number of rotatable bonds is 4. The van der Waals surface area contributed by atoms with Crippen molar-refractivity contribution in [2.45, 2.75) is 50.9 Å². The molecule has 0 unspecified atom stereocenters. The summed E-state index contributed by atoms with van der Waals surface area (Å²) in [4.78, 5) is 26.2. The third-order valence-electron chi connectivity index (χ3n) is 7.55. The number of carbonyl (C=O) groups is 2. The molecule has 10 nitrogen and oxygen atoms in total. The van der Waals surface area contributed by atoms with Crippen LogP contribution in [0.4, 0.5) is 13.2 Å². The average molecular weight is 562 g/mol. The molecule has 0 saturated carbocycles. The van der Waals surface area contributed by atoms with Gasteiger partial charge in [0, 0.05) is 49.7 Å². The number of aryl methyl sites for hydroxylation is 1. The highest BCUT2D eigenvalue weighted by Crippen LogP contribution is 2.49. The van der Waals surface area contributed by atoms with Crippen molar-refractivity contribution in [3.8, 4) is 17.0 Å². The molecule has 5 heterocycles. The lowest BCUT2D eigenvalue weighted by molar-refractivity contribution is -0.192. The molecule has 2 aromatic heterocycles. The van der Waals surface area contributed by atoms with Crippen LogP contribution in [0, 0.1) is 6.92 Å². The molecule has 13 heteroatoms. The number of likely N-dealkylation sites (tertiary alicyclic amines) is 2. The summed E-state index contributed by atoms with van der Waals surface area (Å²) in [5.41, 5.74) is 3.32. The molecule has 1 spiro atoms. The molecule has 0 aliphatic carbocycles. The van der Waals surface area contributed by atoms with E-state index in [2.05, 4.69) is 26.9 Å². The predicted octanol–water partition coefficient (Wildman–Crippen LogP) is 4.10. The fourth-order valence-electron chi connectivity index (χ4n) is 5.50. The molecule has 1 aromatic carbocycles. The highest BCUT2D eigenvalue weighted by Gasteiger charge is 2.46. The number of fused-ring (bicyclic) bond motifs is 4. The Balaban J connectivity index is 0.000000411. The second-order valence-corrected chi connectivity index (χ2v) is 10.2. The number of amides is 1. The van der Waals surface area contributed by atoms with E-state index in [0.717, 1.165) is 30.0 Å². The summed E-state index contributed by atoms with van der Waals surface area (Å²) in [6.07, 6.45) is 0.928. The van der Waals surface area contributed by atoms with Crippen LogP contribution in [0.5, 0.6) is 5.75 Å². The molecule has 1 N–H and O–H groups in total. The van der Waals surface area contributed by atoms with Crippen LogP contribution in [0.15, 0.2) is 41.1 Å². The standard InChI is InChI=1S/C25H29N5O3.C2HF3O2/c1-18-16-21(27-33-18)24(31)29-12-8-25(9-13-29)20-17-26-30(15-14-28-10-4-5-11-28)23(20)19-6-2-3-7-22(19)32-25;3-2(4,5)1(6)7/h2-3,6-7,16-17H,4-5,8-15H2,1H3;(H,6,7). The van der Waals surface area contributed by atoms with Gasteiger partial charge in [-0.25, -0.2) is 4.79 Å². The lowest BCUT2D eigenvalue weighted by Crippen LogP contribution is -2.49. The van der Waals surface area contributed by atoms with Gasteiger partial charge in [-0.1, -0.05) is 17.3 Å². The lowest BCUT2D eigenvalue weighted by Gasteiger charge is -2.44. The van der Waals surface area contributed by atoms with Gasteiger partial charge in [0.1, 0.15) is 17.1 Å². The molecule has 0 atom stereocenters. The zero-order valence-corrected chi connectivity index (χ0v) is 22.0. The predicted molar refractivity (Wildman–Crippen MR) is 136 cm³/mol. The summed E-state index contributed by atoms with van der Waals surface area (Å²) in [5, 5.41) is 15.8. The van der Waals surface area contributed by atoms with Gasteiger partial charge in [-0.05, 0) is 45.0 Å². The number of carbonyl (C=O) groups excluding carboxylic acids is 1. The zero-order valence-electron chi connectivity index (χ0n) is 22.0. The molecule has 0 bridgehead atoms. The summed E-state index contributed by atoms with van der Waals surface area (Å²) < 4.78 is 45.7. The molecular weight excluding hydrogens is 531 g/mol. The topological polar surface area (TPSA) is 114 Å². The molecule has 3 aromatic rings. The number of aromatic nitrogens is 3. The quantitative estimate of drug-likeness (QED) is 0.507. The fourth-order valence-corrected chi connectivity index (χ4v) is 5.50. The van der Waals surface area contributed by atoms with Crippen LogP contribution < -0.4 is 4.74 Å². The van der Waals surface area contributed by atoms with Crippen LogP contribution in [0.1, 0.15) is 47.5 Å². The Kier molecular flexibility index (Phi) is 7.58. The SMILES string of the molecule is Cc1cc(C(=O)N2CCC3(CC2)Oc2ccccc2-c2c3cnn2CCN2CCCC2)no1.O=C(O)C(F)(F)F. The Morgan fingerprint density at radius 1 is 1.07 bits per heavy atom. The van der Waals surface area contributed by atoms with Crippen molar-refractivity contribution < 1.29 is 37.1 Å². The lowest BCUT2D eigenvalue weighted by atomic mass is 9.81. The zero-order chi connectivity index (χ0) is 28.5. The van der Waals surface area contributed by atoms with Crippen LogP contribution in [-0.2, 0) is 16.9 Å². The highest BCUT2D eigenvalue weighted by molar-refractivity contribution is 5.92. The maximum Gasteiger partial charge on any atom is 0.490 e. The summed E-state index contributed by atoms with van der Waals surface area (Å²) in [7, 11) is 0. The van der Waals surface area contributed by atoms with Gasteiger partial charge >= 0.3 is 12.1 Å². The number of aliphatic carboxylic acids is 1.